The molecular formula is C13H21N3O4. The van der Waals surface area contributed by atoms with Gasteiger partial charge in [-0.3, -0.25) is 4.90 Å². The molecule has 112 valence electrons. The minimum atomic E-state index is -1.25. The second kappa shape index (κ2) is 5.21. The zero-order valence-corrected chi connectivity index (χ0v) is 11.5. The van der Waals surface area contributed by atoms with Gasteiger partial charge in [0.25, 0.3) is 0 Å². The maximum atomic E-state index is 12.3. The number of carbonyl (C=O) groups is 2. The van der Waals surface area contributed by atoms with E-state index in [0.717, 1.165) is 19.5 Å². The van der Waals surface area contributed by atoms with Gasteiger partial charge in [0, 0.05) is 38.7 Å². The quantitative estimate of drug-likeness (QED) is 0.728. The summed E-state index contributed by atoms with van der Waals surface area (Å²) in [6, 6.07) is 0.166. The number of hydrogen-bond acceptors (Lipinski definition) is 4. The molecule has 0 bridgehead atoms. The lowest BCUT2D eigenvalue weighted by Gasteiger charge is -2.38. The van der Waals surface area contributed by atoms with Crippen LogP contribution in [-0.4, -0.2) is 77.9 Å². The average molecular weight is 283 g/mol. The molecule has 3 aliphatic rings. The lowest BCUT2D eigenvalue weighted by Crippen LogP contribution is -2.61. The van der Waals surface area contributed by atoms with E-state index in [1.54, 1.807) is 4.90 Å². The summed E-state index contributed by atoms with van der Waals surface area (Å²) < 4.78 is 5.16. The molecule has 2 amide bonds. The van der Waals surface area contributed by atoms with Crippen molar-refractivity contribution in [2.45, 2.75) is 30.8 Å². The number of piperazine rings is 1. The Balaban J connectivity index is 1.62. The van der Waals surface area contributed by atoms with Gasteiger partial charge in [0.05, 0.1) is 6.61 Å². The van der Waals surface area contributed by atoms with E-state index in [1.165, 1.54) is 6.42 Å². The van der Waals surface area contributed by atoms with Gasteiger partial charge in [-0.05, 0) is 19.4 Å². The van der Waals surface area contributed by atoms with Crippen molar-refractivity contribution in [3.8, 4) is 0 Å². The van der Waals surface area contributed by atoms with E-state index in [9.17, 15) is 14.7 Å². The molecule has 3 heterocycles. The van der Waals surface area contributed by atoms with Gasteiger partial charge in [-0.25, -0.2) is 9.59 Å². The first-order valence-corrected chi connectivity index (χ1v) is 7.23. The first-order chi connectivity index (χ1) is 9.61. The monoisotopic (exact) mass is 283 g/mol. The molecule has 2 N–H and O–H groups in total. The minimum Gasteiger partial charge on any atom is -0.479 e. The number of fused-ring (bicyclic) bond motifs is 1. The van der Waals surface area contributed by atoms with Crippen LogP contribution in [0.5, 0.6) is 0 Å². The Labute approximate surface area is 117 Å². The van der Waals surface area contributed by atoms with E-state index >= 15 is 0 Å². The topological polar surface area (TPSA) is 82.1 Å². The highest BCUT2D eigenvalue weighted by Gasteiger charge is 2.45. The largest absolute Gasteiger partial charge is 0.479 e. The lowest BCUT2D eigenvalue weighted by molar-refractivity contribution is -0.144. The molecule has 2 unspecified atom stereocenters. The van der Waals surface area contributed by atoms with Crippen molar-refractivity contribution in [1.82, 2.24) is 15.1 Å². The molecule has 0 aromatic carbocycles. The van der Waals surface area contributed by atoms with E-state index in [2.05, 4.69) is 10.2 Å². The Morgan fingerprint density at radius 1 is 1.30 bits per heavy atom. The number of carbonyl (C=O) groups excluding carboxylic acids is 1. The van der Waals surface area contributed by atoms with Crippen molar-refractivity contribution in [2.24, 2.45) is 0 Å². The Bertz CT molecular complexity index is 408. The third kappa shape index (κ3) is 2.35. The number of carboxylic acids is 1. The summed E-state index contributed by atoms with van der Waals surface area (Å²) in [6.07, 6.45) is 2.64. The number of hydrogen-bond donors (Lipinski definition) is 2. The zero-order valence-electron chi connectivity index (χ0n) is 11.5. The molecule has 0 spiro atoms. The number of nitrogens with zero attached hydrogens (tertiary/aromatic N) is 2. The Morgan fingerprint density at radius 2 is 2.15 bits per heavy atom. The van der Waals surface area contributed by atoms with Crippen LogP contribution in [-0.2, 0) is 9.53 Å². The molecule has 3 aliphatic heterocycles. The number of nitrogens with one attached hydrogen (secondary N) is 1. The molecule has 3 fully saturated rings. The van der Waals surface area contributed by atoms with Gasteiger partial charge < -0.3 is 20.1 Å². The van der Waals surface area contributed by atoms with E-state index in [4.69, 9.17) is 4.74 Å². The maximum Gasteiger partial charge on any atom is 0.332 e. The number of carboxylic acid groups (broad SMARTS) is 1. The molecular weight excluding hydrogens is 262 g/mol. The van der Waals surface area contributed by atoms with Crippen molar-refractivity contribution in [2.75, 3.05) is 39.4 Å². The summed E-state index contributed by atoms with van der Waals surface area (Å²) in [5, 5.41) is 12.0. The zero-order chi connectivity index (χ0) is 14.2. The average Bonchev–Trinajstić information content (AvgIpc) is 3.06. The van der Waals surface area contributed by atoms with Gasteiger partial charge in [-0.15, -0.1) is 0 Å². The van der Waals surface area contributed by atoms with Gasteiger partial charge in [-0.1, -0.05) is 0 Å². The van der Waals surface area contributed by atoms with Gasteiger partial charge in [0.1, 0.15) is 0 Å². The fraction of sp³-hybridized carbons (Fsp3) is 0.846. The van der Waals surface area contributed by atoms with Crippen LogP contribution in [0.2, 0.25) is 0 Å². The van der Waals surface area contributed by atoms with E-state index in [1.807, 2.05) is 0 Å². The molecule has 2 atom stereocenters. The summed E-state index contributed by atoms with van der Waals surface area (Å²) in [7, 11) is 0. The highest BCUT2D eigenvalue weighted by Crippen LogP contribution is 2.23. The predicted octanol–water partition coefficient (Wildman–Crippen LogP) is -0.280. The molecule has 0 radical (unpaired) electrons. The predicted molar refractivity (Wildman–Crippen MR) is 70.5 cm³/mol. The van der Waals surface area contributed by atoms with E-state index in [0.29, 0.717) is 32.2 Å². The van der Waals surface area contributed by atoms with Gasteiger partial charge in [-0.2, -0.15) is 0 Å². The third-order valence-corrected chi connectivity index (χ3v) is 4.65. The highest BCUT2D eigenvalue weighted by molar-refractivity contribution is 5.86. The van der Waals surface area contributed by atoms with Gasteiger partial charge in [0.15, 0.2) is 5.54 Å². The normalized spacial score (nSPS) is 34.0. The van der Waals surface area contributed by atoms with Crippen LogP contribution in [0.25, 0.3) is 0 Å². The lowest BCUT2D eigenvalue weighted by atomic mass is 9.99. The van der Waals surface area contributed by atoms with Crippen molar-refractivity contribution in [3.05, 3.63) is 0 Å². The van der Waals surface area contributed by atoms with Crippen LogP contribution in [0, 0.1) is 0 Å². The van der Waals surface area contributed by atoms with Crippen molar-refractivity contribution in [3.63, 3.8) is 0 Å². The van der Waals surface area contributed by atoms with E-state index < -0.39 is 11.5 Å². The molecule has 3 saturated heterocycles. The fourth-order valence-corrected chi connectivity index (χ4v) is 3.35. The van der Waals surface area contributed by atoms with Crippen molar-refractivity contribution in [1.29, 1.82) is 0 Å². The van der Waals surface area contributed by atoms with E-state index in [-0.39, 0.29) is 12.6 Å². The summed E-state index contributed by atoms with van der Waals surface area (Å²) in [4.78, 5) is 27.9. The summed E-state index contributed by atoms with van der Waals surface area (Å²) in [5.41, 5.74) is -1.25. The van der Waals surface area contributed by atoms with Crippen LogP contribution in [0.1, 0.15) is 19.3 Å². The number of aliphatic carboxylic acids is 1. The molecule has 0 aromatic rings. The molecule has 7 heteroatoms. The van der Waals surface area contributed by atoms with Gasteiger partial charge >= 0.3 is 12.0 Å². The molecule has 0 aromatic heterocycles. The van der Waals surface area contributed by atoms with Crippen LogP contribution >= 0.6 is 0 Å². The number of ether oxygens (including phenoxy) is 1. The second-order valence-corrected chi connectivity index (χ2v) is 5.90. The standard InChI is InChI=1S/C13H21N3O4/c17-11(18)13(3-7-20-9-13)14-12(19)16-6-5-15-4-1-2-10(15)8-16/h10H,1-9H2,(H,14,19)(H,17,18). The van der Waals surface area contributed by atoms with Crippen LogP contribution < -0.4 is 5.32 Å². The Morgan fingerprint density at radius 3 is 2.85 bits per heavy atom. The first kappa shape index (κ1) is 13.6. The van der Waals surface area contributed by atoms with Crippen LogP contribution in [0.15, 0.2) is 0 Å². The first-order valence-electron chi connectivity index (χ1n) is 7.23. The molecule has 3 rings (SSSR count). The summed E-state index contributed by atoms with van der Waals surface area (Å²) in [5.74, 6) is -1.01. The van der Waals surface area contributed by atoms with Crippen molar-refractivity contribution >= 4 is 12.0 Å². The molecule has 0 aliphatic carbocycles. The fourth-order valence-electron chi connectivity index (χ4n) is 3.35. The maximum absolute atomic E-state index is 12.3. The van der Waals surface area contributed by atoms with Crippen molar-refractivity contribution < 1.29 is 19.4 Å². The number of urea groups is 1. The highest BCUT2D eigenvalue weighted by atomic mass is 16.5. The number of amides is 2. The molecule has 7 nitrogen and oxygen atoms in total. The van der Waals surface area contributed by atoms with Crippen LogP contribution in [0.3, 0.4) is 0 Å². The Kier molecular flexibility index (Phi) is 3.55. The molecule has 0 saturated carbocycles. The minimum absolute atomic E-state index is 0.0530. The third-order valence-electron chi connectivity index (χ3n) is 4.65. The second-order valence-electron chi connectivity index (χ2n) is 5.90. The SMILES string of the molecule is O=C(NC1(C(=O)O)CCOC1)N1CCN2CCCC2C1. The summed E-state index contributed by atoms with van der Waals surface area (Å²) in [6.45, 7) is 3.80. The summed E-state index contributed by atoms with van der Waals surface area (Å²) >= 11 is 0. The van der Waals surface area contributed by atoms with Gasteiger partial charge in [0.2, 0.25) is 0 Å². The van der Waals surface area contributed by atoms with Crippen LogP contribution in [0.4, 0.5) is 4.79 Å². The Hall–Kier alpha value is -1.34. The smallest absolute Gasteiger partial charge is 0.332 e. The molecule has 20 heavy (non-hydrogen) atoms. The number of rotatable bonds is 2.